The first-order valence-electron chi connectivity index (χ1n) is 6.93. The molecule has 1 aliphatic heterocycles. The first-order valence-corrected chi connectivity index (χ1v) is 6.93. The minimum Gasteiger partial charge on any atom is -0.508 e. The van der Waals surface area contributed by atoms with E-state index in [0.29, 0.717) is 0 Å². The summed E-state index contributed by atoms with van der Waals surface area (Å²) >= 11 is 0. The molecule has 0 amide bonds. The molecule has 0 saturated carbocycles. The molecule has 1 aliphatic rings. The van der Waals surface area contributed by atoms with Crippen LogP contribution in [0.2, 0.25) is 0 Å². The molecule has 18 heavy (non-hydrogen) atoms. The van der Waals surface area contributed by atoms with E-state index in [-0.39, 0.29) is 11.8 Å². The summed E-state index contributed by atoms with van der Waals surface area (Å²) in [5.41, 5.74) is 0.901. The maximum absolute atomic E-state index is 10.5. The Morgan fingerprint density at radius 2 is 1.78 bits per heavy atom. The molecule has 1 saturated heterocycles. The Hall–Kier alpha value is -1.06. The van der Waals surface area contributed by atoms with Crippen molar-refractivity contribution in [2.75, 3.05) is 13.1 Å². The Labute approximate surface area is 109 Å². The summed E-state index contributed by atoms with van der Waals surface area (Å²) in [6.45, 7) is 4.35. The number of hydrogen-bond acceptors (Lipinski definition) is 3. The van der Waals surface area contributed by atoms with E-state index in [9.17, 15) is 10.2 Å². The molecule has 0 spiro atoms. The molecule has 1 heterocycles. The van der Waals surface area contributed by atoms with Crippen LogP contribution >= 0.6 is 0 Å². The van der Waals surface area contributed by atoms with E-state index in [4.69, 9.17) is 0 Å². The van der Waals surface area contributed by atoms with Crippen LogP contribution in [-0.2, 0) is 0 Å². The molecule has 2 N–H and O–H groups in total. The summed E-state index contributed by atoms with van der Waals surface area (Å²) in [5, 5.41) is 19.8. The van der Waals surface area contributed by atoms with E-state index in [2.05, 4.69) is 11.8 Å². The molecule has 3 heteroatoms. The van der Waals surface area contributed by atoms with Crippen LogP contribution in [0.1, 0.15) is 44.3 Å². The maximum Gasteiger partial charge on any atom is 0.115 e. The van der Waals surface area contributed by atoms with Gasteiger partial charge in [-0.25, -0.2) is 0 Å². The van der Waals surface area contributed by atoms with Gasteiger partial charge in [0.05, 0.1) is 6.10 Å². The van der Waals surface area contributed by atoms with Crippen LogP contribution in [0.15, 0.2) is 24.3 Å². The fourth-order valence-electron chi connectivity index (χ4n) is 2.80. The highest BCUT2D eigenvalue weighted by atomic mass is 16.3. The zero-order chi connectivity index (χ0) is 13.0. The Kier molecular flexibility index (Phi) is 4.61. The fourth-order valence-corrected chi connectivity index (χ4v) is 2.80. The molecule has 2 unspecified atom stereocenters. The van der Waals surface area contributed by atoms with Crippen LogP contribution in [0, 0.1) is 0 Å². The van der Waals surface area contributed by atoms with Gasteiger partial charge in [-0.05, 0) is 50.0 Å². The Morgan fingerprint density at radius 1 is 1.17 bits per heavy atom. The third kappa shape index (κ3) is 3.03. The van der Waals surface area contributed by atoms with Crippen molar-refractivity contribution in [1.82, 2.24) is 4.90 Å². The van der Waals surface area contributed by atoms with Crippen LogP contribution < -0.4 is 0 Å². The normalized spacial score (nSPS) is 19.9. The van der Waals surface area contributed by atoms with Gasteiger partial charge in [0.1, 0.15) is 5.75 Å². The minimum atomic E-state index is -0.455. The van der Waals surface area contributed by atoms with Crippen molar-refractivity contribution in [2.24, 2.45) is 0 Å². The highest BCUT2D eigenvalue weighted by Crippen LogP contribution is 2.28. The van der Waals surface area contributed by atoms with Gasteiger partial charge >= 0.3 is 0 Å². The van der Waals surface area contributed by atoms with Gasteiger partial charge in [-0.15, -0.1) is 0 Å². The summed E-state index contributed by atoms with van der Waals surface area (Å²) in [6.07, 6.45) is 4.12. The highest BCUT2D eigenvalue weighted by molar-refractivity contribution is 5.28. The Morgan fingerprint density at radius 3 is 2.33 bits per heavy atom. The van der Waals surface area contributed by atoms with Crippen molar-refractivity contribution in [3.05, 3.63) is 29.8 Å². The summed E-state index contributed by atoms with van der Waals surface area (Å²) in [6, 6.07) is 7.14. The smallest absolute Gasteiger partial charge is 0.115 e. The number of rotatable bonds is 5. The van der Waals surface area contributed by atoms with Crippen LogP contribution in [-0.4, -0.2) is 34.2 Å². The minimum absolute atomic E-state index is 0.210. The van der Waals surface area contributed by atoms with E-state index < -0.39 is 6.10 Å². The molecule has 1 aromatic rings. The fraction of sp³-hybridized carbons (Fsp3) is 0.600. The SMILES string of the molecule is CCCC(C(O)c1ccc(O)cc1)N1CCCC1. The number of hydrogen-bond donors (Lipinski definition) is 2. The second-order valence-corrected chi connectivity index (χ2v) is 5.14. The average Bonchev–Trinajstić information content (AvgIpc) is 2.90. The lowest BCUT2D eigenvalue weighted by molar-refractivity contribution is 0.0558. The van der Waals surface area contributed by atoms with Gasteiger partial charge < -0.3 is 10.2 Å². The molecule has 0 radical (unpaired) electrons. The monoisotopic (exact) mass is 249 g/mol. The standard InChI is InChI=1S/C15H23NO2/c1-2-5-14(16-10-3-4-11-16)15(18)12-6-8-13(17)9-7-12/h6-9,14-15,17-18H,2-5,10-11H2,1H3. The first-order chi connectivity index (χ1) is 8.72. The maximum atomic E-state index is 10.5. The molecule has 3 nitrogen and oxygen atoms in total. The van der Waals surface area contributed by atoms with Crippen molar-refractivity contribution < 1.29 is 10.2 Å². The van der Waals surface area contributed by atoms with E-state index in [0.717, 1.165) is 31.5 Å². The third-order valence-corrected chi connectivity index (χ3v) is 3.79. The summed E-state index contributed by atoms with van der Waals surface area (Å²) in [7, 11) is 0. The summed E-state index contributed by atoms with van der Waals surface area (Å²) in [5.74, 6) is 0.249. The number of aromatic hydroxyl groups is 1. The molecular weight excluding hydrogens is 226 g/mol. The number of nitrogens with zero attached hydrogens (tertiary/aromatic N) is 1. The van der Waals surface area contributed by atoms with Gasteiger partial charge in [0.25, 0.3) is 0 Å². The lowest BCUT2D eigenvalue weighted by Crippen LogP contribution is -2.37. The molecular formula is C15H23NO2. The lowest BCUT2D eigenvalue weighted by atomic mass is 9.97. The molecule has 1 fully saturated rings. The van der Waals surface area contributed by atoms with Crippen LogP contribution in [0.5, 0.6) is 5.75 Å². The molecule has 0 aliphatic carbocycles. The van der Waals surface area contributed by atoms with E-state index in [1.54, 1.807) is 12.1 Å². The lowest BCUT2D eigenvalue weighted by Gasteiger charge is -2.31. The Bertz CT molecular complexity index is 357. The molecule has 1 aromatic carbocycles. The average molecular weight is 249 g/mol. The van der Waals surface area contributed by atoms with Crippen molar-refractivity contribution in [3.8, 4) is 5.75 Å². The molecule has 100 valence electrons. The van der Waals surface area contributed by atoms with Crippen LogP contribution in [0.25, 0.3) is 0 Å². The number of phenols is 1. The quantitative estimate of drug-likeness (QED) is 0.843. The largest absolute Gasteiger partial charge is 0.508 e. The number of aliphatic hydroxyl groups is 1. The van der Waals surface area contributed by atoms with Gasteiger partial charge in [0.2, 0.25) is 0 Å². The number of phenolic OH excluding ortho intramolecular Hbond substituents is 1. The van der Waals surface area contributed by atoms with Crippen LogP contribution in [0.4, 0.5) is 0 Å². The van der Waals surface area contributed by atoms with Gasteiger partial charge in [-0.1, -0.05) is 25.5 Å². The van der Waals surface area contributed by atoms with E-state index >= 15 is 0 Å². The Balaban J connectivity index is 2.11. The van der Waals surface area contributed by atoms with Gasteiger partial charge in [-0.2, -0.15) is 0 Å². The zero-order valence-corrected chi connectivity index (χ0v) is 11.0. The molecule has 0 aromatic heterocycles. The first kappa shape index (κ1) is 13.4. The zero-order valence-electron chi connectivity index (χ0n) is 11.0. The van der Waals surface area contributed by atoms with Crippen LogP contribution in [0.3, 0.4) is 0 Å². The highest BCUT2D eigenvalue weighted by Gasteiger charge is 2.28. The molecule has 2 rings (SSSR count). The van der Waals surface area contributed by atoms with Crippen molar-refractivity contribution in [2.45, 2.75) is 44.8 Å². The van der Waals surface area contributed by atoms with E-state index in [1.807, 2.05) is 12.1 Å². The molecule has 0 bridgehead atoms. The van der Waals surface area contributed by atoms with Crippen molar-refractivity contribution in [3.63, 3.8) is 0 Å². The predicted molar refractivity (Wildman–Crippen MR) is 72.6 cm³/mol. The second-order valence-electron chi connectivity index (χ2n) is 5.14. The molecule has 2 atom stereocenters. The van der Waals surface area contributed by atoms with Gasteiger partial charge in [-0.3, -0.25) is 4.90 Å². The predicted octanol–water partition coefficient (Wildman–Crippen LogP) is 2.69. The topological polar surface area (TPSA) is 43.7 Å². The van der Waals surface area contributed by atoms with Gasteiger partial charge in [0.15, 0.2) is 0 Å². The van der Waals surface area contributed by atoms with Gasteiger partial charge in [0, 0.05) is 6.04 Å². The van der Waals surface area contributed by atoms with Crippen molar-refractivity contribution in [1.29, 1.82) is 0 Å². The third-order valence-electron chi connectivity index (χ3n) is 3.79. The second kappa shape index (κ2) is 6.21. The summed E-state index contributed by atoms with van der Waals surface area (Å²) < 4.78 is 0. The number of aliphatic hydroxyl groups excluding tert-OH is 1. The summed E-state index contributed by atoms with van der Waals surface area (Å²) in [4.78, 5) is 2.40. The number of likely N-dealkylation sites (tertiary alicyclic amines) is 1. The number of benzene rings is 1. The van der Waals surface area contributed by atoms with Crippen molar-refractivity contribution >= 4 is 0 Å². The van der Waals surface area contributed by atoms with E-state index in [1.165, 1.54) is 12.8 Å².